The Hall–Kier alpha value is -3.42. The molecule has 2 N–H and O–H groups in total. The summed E-state index contributed by atoms with van der Waals surface area (Å²) in [7, 11) is 0. The Labute approximate surface area is 156 Å². The van der Waals surface area contributed by atoms with Crippen molar-refractivity contribution in [3.05, 3.63) is 65.2 Å². The molecule has 0 saturated heterocycles. The summed E-state index contributed by atoms with van der Waals surface area (Å²) >= 11 is 0. The Morgan fingerprint density at radius 1 is 1.15 bits per heavy atom. The number of hydrogen-bond acceptors (Lipinski definition) is 4. The van der Waals surface area contributed by atoms with Crippen molar-refractivity contribution >= 4 is 17.6 Å². The third-order valence-corrected chi connectivity index (χ3v) is 4.13. The second-order valence-corrected chi connectivity index (χ2v) is 6.33. The molecule has 2 aromatic heterocycles. The molecule has 2 heterocycles. The third kappa shape index (κ3) is 4.60. The first-order valence-corrected chi connectivity index (χ1v) is 8.57. The number of carboxylic acid groups (broad SMARTS) is 1. The van der Waals surface area contributed by atoms with E-state index in [1.807, 2.05) is 48.9 Å². The summed E-state index contributed by atoms with van der Waals surface area (Å²) in [6.45, 7) is 4.78. The molecular weight excluding hydrogens is 346 g/mol. The van der Waals surface area contributed by atoms with Gasteiger partial charge in [0.2, 0.25) is 5.91 Å². The molecule has 0 aliphatic carbocycles. The average Bonchev–Trinajstić information content (AvgIpc) is 3.20. The minimum absolute atomic E-state index is 0.0645. The fourth-order valence-electron chi connectivity index (χ4n) is 2.88. The lowest BCUT2D eigenvalue weighted by Gasteiger charge is -2.09. The van der Waals surface area contributed by atoms with Crippen molar-refractivity contribution in [2.45, 2.75) is 33.4 Å². The minimum Gasteiger partial charge on any atom is -0.477 e. The number of carbonyl (C=O) groups is 2. The summed E-state index contributed by atoms with van der Waals surface area (Å²) in [6, 6.07) is 11.0. The van der Waals surface area contributed by atoms with Crippen LogP contribution in [-0.4, -0.2) is 36.5 Å². The number of benzene rings is 1. The van der Waals surface area contributed by atoms with E-state index in [-0.39, 0.29) is 24.6 Å². The van der Waals surface area contributed by atoms with Crippen LogP contribution < -0.4 is 5.32 Å². The Kier molecular flexibility index (Phi) is 5.35. The van der Waals surface area contributed by atoms with Crippen LogP contribution in [0.4, 0.5) is 5.69 Å². The summed E-state index contributed by atoms with van der Waals surface area (Å²) < 4.78 is 3.22. The van der Waals surface area contributed by atoms with Crippen LogP contribution in [0.25, 0.3) is 0 Å². The molecule has 1 aromatic carbocycles. The van der Waals surface area contributed by atoms with E-state index >= 15 is 0 Å². The quantitative estimate of drug-likeness (QED) is 0.668. The topological polar surface area (TPSA) is 102 Å². The Bertz CT molecular complexity index is 973. The first-order valence-electron chi connectivity index (χ1n) is 8.57. The molecule has 0 bridgehead atoms. The highest BCUT2D eigenvalue weighted by Crippen LogP contribution is 2.14. The second-order valence-electron chi connectivity index (χ2n) is 6.33. The van der Waals surface area contributed by atoms with E-state index in [2.05, 4.69) is 15.5 Å². The van der Waals surface area contributed by atoms with E-state index < -0.39 is 5.97 Å². The molecule has 1 amide bonds. The van der Waals surface area contributed by atoms with Crippen molar-refractivity contribution in [1.82, 2.24) is 19.6 Å². The maximum absolute atomic E-state index is 12.2. The highest BCUT2D eigenvalue weighted by Gasteiger charge is 2.11. The summed E-state index contributed by atoms with van der Waals surface area (Å²) in [6.07, 6.45) is 1.54. The Balaban J connectivity index is 1.60. The summed E-state index contributed by atoms with van der Waals surface area (Å²) in [5, 5.41) is 20.3. The predicted octanol–water partition coefficient (Wildman–Crippen LogP) is 2.47. The average molecular weight is 367 g/mol. The zero-order chi connectivity index (χ0) is 19.4. The van der Waals surface area contributed by atoms with E-state index in [0.29, 0.717) is 12.2 Å². The SMILES string of the molecule is Cc1cc(C)n(Cc2cccc(NC(=O)CCn3nccc3C(=O)O)c2)n1. The van der Waals surface area contributed by atoms with E-state index in [0.717, 1.165) is 17.0 Å². The zero-order valence-electron chi connectivity index (χ0n) is 15.2. The maximum Gasteiger partial charge on any atom is 0.354 e. The molecule has 3 rings (SSSR count). The standard InChI is InChI=1S/C19H21N5O3/c1-13-10-14(2)24(22-13)12-15-4-3-5-16(11-15)21-18(25)7-9-23-17(19(26)27)6-8-20-23/h3-6,8,10-11H,7,9,12H2,1-2H3,(H,21,25)(H,26,27). The van der Waals surface area contributed by atoms with Gasteiger partial charge in [0.1, 0.15) is 5.69 Å². The monoisotopic (exact) mass is 367 g/mol. The van der Waals surface area contributed by atoms with Gasteiger partial charge in [-0.15, -0.1) is 0 Å². The van der Waals surface area contributed by atoms with Gasteiger partial charge in [-0.1, -0.05) is 12.1 Å². The van der Waals surface area contributed by atoms with Crippen molar-refractivity contribution in [1.29, 1.82) is 0 Å². The number of aromatic carboxylic acids is 1. The number of amides is 1. The molecule has 0 radical (unpaired) electrons. The molecule has 27 heavy (non-hydrogen) atoms. The number of aryl methyl sites for hydroxylation is 3. The highest BCUT2D eigenvalue weighted by atomic mass is 16.4. The van der Waals surface area contributed by atoms with Gasteiger partial charge in [-0.25, -0.2) is 4.79 Å². The van der Waals surface area contributed by atoms with Crippen molar-refractivity contribution in [2.75, 3.05) is 5.32 Å². The van der Waals surface area contributed by atoms with Crippen LogP contribution in [0, 0.1) is 13.8 Å². The Morgan fingerprint density at radius 3 is 2.67 bits per heavy atom. The van der Waals surface area contributed by atoms with Crippen molar-refractivity contribution in [3.8, 4) is 0 Å². The van der Waals surface area contributed by atoms with Crippen LogP contribution in [-0.2, 0) is 17.9 Å². The van der Waals surface area contributed by atoms with E-state index in [4.69, 9.17) is 5.11 Å². The fraction of sp³-hybridized carbons (Fsp3) is 0.263. The van der Waals surface area contributed by atoms with Crippen LogP contribution in [0.15, 0.2) is 42.6 Å². The van der Waals surface area contributed by atoms with Gasteiger partial charge in [-0.3, -0.25) is 14.2 Å². The molecular formula is C19H21N5O3. The minimum atomic E-state index is -1.07. The molecule has 8 heteroatoms. The van der Waals surface area contributed by atoms with E-state index in [1.165, 1.54) is 16.9 Å². The van der Waals surface area contributed by atoms with Crippen LogP contribution >= 0.6 is 0 Å². The van der Waals surface area contributed by atoms with Gasteiger partial charge in [0.05, 0.1) is 18.8 Å². The number of rotatable bonds is 7. The molecule has 3 aromatic rings. The fourth-order valence-corrected chi connectivity index (χ4v) is 2.88. The molecule has 0 fully saturated rings. The number of nitrogens with one attached hydrogen (secondary N) is 1. The summed E-state index contributed by atoms with van der Waals surface area (Å²) in [4.78, 5) is 23.3. The second kappa shape index (κ2) is 7.86. The van der Waals surface area contributed by atoms with Gasteiger partial charge < -0.3 is 10.4 Å². The van der Waals surface area contributed by atoms with Crippen LogP contribution in [0.3, 0.4) is 0 Å². The van der Waals surface area contributed by atoms with Crippen molar-refractivity contribution in [2.24, 2.45) is 0 Å². The Morgan fingerprint density at radius 2 is 1.96 bits per heavy atom. The van der Waals surface area contributed by atoms with Gasteiger partial charge in [0.25, 0.3) is 0 Å². The molecule has 8 nitrogen and oxygen atoms in total. The molecule has 0 saturated carbocycles. The van der Waals surface area contributed by atoms with Crippen LogP contribution in [0.5, 0.6) is 0 Å². The number of nitrogens with zero attached hydrogens (tertiary/aromatic N) is 4. The van der Waals surface area contributed by atoms with Crippen molar-refractivity contribution < 1.29 is 14.7 Å². The smallest absolute Gasteiger partial charge is 0.354 e. The summed E-state index contributed by atoms with van der Waals surface area (Å²) in [5.41, 5.74) is 3.83. The van der Waals surface area contributed by atoms with Crippen molar-refractivity contribution in [3.63, 3.8) is 0 Å². The number of anilines is 1. The van der Waals surface area contributed by atoms with Gasteiger partial charge >= 0.3 is 5.97 Å². The molecule has 0 aliphatic heterocycles. The van der Waals surface area contributed by atoms with Gasteiger partial charge in [0, 0.05) is 24.0 Å². The lowest BCUT2D eigenvalue weighted by Crippen LogP contribution is -2.17. The van der Waals surface area contributed by atoms with Crippen LogP contribution in [0.2, 0.25) is 0 Å². The van der Waals surface area contributed by atoms with Gasteiger partial charge in [0.15, 0.2) is 0 Å². The first-order chi connectivity index (χ1) is 12.9. The van der Waals surface area contributed by atoms with E-state index in [9.17, 15) is 9.59 Å². The number of carboxylic acids is 1. The lowest BCUT2D eigenvalue weighted by atomic mass is 10.2. The highest BCUT2D eigenvalue weighted by molar-refractivity contribution is 5.91. The number of hydrogen-bond donors (Lipinski definition) is 2. The first kappa shape index (κ1) is 18.4. The normalized spacial score (nSPS) is 10.7. The summed E-state index contributed by atoms with van der Waals surface area (Å²) in [5.74, 6) is -1.27. The lowest BCUT2D eigenvalue weighted by molar-refractivity contribution is -0.116. The van der Waals surface area contributed by atoms with Gasteiger partial charge in [-0.2, -0.15) is 10.2 Å². The van der Waals surface area contributed by atoms with E-state index in [1.54, 1.807) is 0 Å². The number of aromatic nitrogens is 4. The van der Waals surface area contributed by atoms with Crippen LogP contribution in [0.1, 0.15) is 33.9 Å². The molecule has 0 unspecified atom stereocenters. The molecule has 140 valence electrons. The molecule has 0 aliphatic rings. The van der Waals surface area contributed by atoms with Gasteiger partial charge in [-0.05, 0) is 43.7 Å². The third-order valence-electron chi connectivity index (χ3n) is 4.13. The predicted molar refractivity (Wildman–Crippen MR) is 99.7 cm³/mol. The molecule has 0 atom stereocenters. The largest absolute Gasteiger partial charge is 0.477 e. The number of carbonyl (C=O) groups excluding carboxylic acids is 1. The zero-order valence-corrected chi connectivity index (χ0v) is 15.2. The molecule has 0 spiro atoms. The maximum atomic E-state index is 12.2.